The van der Waals surface area contributed by atoms with Gasteiger partial charge in [0.2, 0.25) is 6.29 Å². The summed E-state index contributed by atoms with van der Waals surface area (Å²) in [4.78, 5) is 36.5. The summed E-state index contributed by atoms with van der Waals surface area (Å²) in [6, 6.07) is 3.46. The molecule has 1 saturated carbocycles. The predicted octanol–water partition coefficient (Wildman–Crippen LogP) is 1.30. The molecule has 2 N–H and O–H groups in total. The van der Waals surface area contributed by atoms with Crippen LogP contribution in [0.1, 0.15) is 35.9 Å². The minimum absolute atomic E-state index is 0.146. The van der Waals surface area contributed by atoms with E-state index in [0.717, 1.165) is 12.8 Å². The van der Waals surface area contributed by atoms with Crippen LogP contribution in [0.25, 0.3) is 5.70 Å². The standard InChI is InChI=1S/C22H25N9O4/c1-2-34-20(32)15-10-25-27(12-15)7-8-28-21-26-19-18(31(21)30(22(28)33)11-14-5-6-14)17(24-13-29(19)23)16-4-3-9-35-16/h3-4,9-10,12-14,21H,2,5-8,11,23H2,1H3. The maximum absolute atomic E-state index is 13.6. The minimum atomic E-state index is -0.607. The van der Waals surface area contributed by atoms with Crippen molar-refractivity contribution in [2.24, 2.45) is 21.7 Å². The number of rotatable bonds is 8. The van der Waals surface area contributed by atoms with Crippen molar-refractivity contribution in [3.8, 4) is 0 Å². The lowest BCUT2D eigenvalue weighted by atomic mass is 10.2. The fourth-order valence-corrected chi connectivity index (χ4v) is 4.40. The number of hydrogen-bond donors (Lipinski definition) is 1. The smallest absolute Gasteiger partial charge is 0.342 e. The molecule has 0 bridgehead atoms. The van der Waals surface area contributed by atoms with Gasteiger partial charge in [0.05, 0.1) is 31.2 Å². The number of aliphatic imine (C=N–C) groups is 2. The fourth-order valence-electron chi connectivity index (χ4n) is 4.40. The molecule has 2 aromatic heterocycles. The van der Waals surface area contributed by atoms with E-state index in [4.69, 9.17) is 20.0 Å². The van der Waals surface area contributed by atoms with Gasteiger partial charge in [-0.2, -0.15) is 5.10 Å². The van der Waals surface area contributed by atoms with Crippen LogP contribution in [0.2, 0.25) is 0 Å². The molecule has 182 valence electrons. The van der Waals surface area contributed by atoms with Crippen molar-refractivity contribution < 1.29 is 18.7 Å². The molecule has 1 aliphatic carbocycles. The largest absolute Gasteiger partial charge is 0.463 e. The predicted molar refractivity (Wildman–Crippen MR) is 123 cm³/mol. The van der Waals surface area contributed by atoms with Gasteiger partial charge < -0.3 is 9.15 Å². The summed E-state index contributed by atoms with van der Waals surface area (Å²) in [7, 11) is 0. The normalized spacial score (nSPS) is 21.1. The maximum Gasteiger partial charge on any atom is 0.342 e. The molecule has 4 aliphatic rings. The average Bonchev–Trinajstić information content (AvgIpc) is 3.24. The van der Waals surface area contributed by atoms with Gasteiger partial charge in [-0.15, -0.1) is 0 Å². The third-order valence-corrected chi connectivity index (χ3v) is 6.28. The van der Waals surface area contributed by atoms with Gasteiger partial charge >= 0.3 is 12.0 Å². The third-order valence-electron chi connectivity index (χ3n) is 6.28. The van der Waals surface area contributed by atoms with Crippen LogP contribution < -0.4 is 5.84 Å². The van der Waals surface area contributed by atoms with Crippen molar-refractivity contribution in [2.75, 3.05) is 19.7 Å². The maximum atomic E-state index is 13.6. The lowest BCUT2D eigenvalue weighted by Gasteiger charge is -2.30. The molecule has 5 heterocycles. The Labute approximate surface area is 200 Å². The van der Waals surface area contributed by atoms with E-state index in [9.17, 15) is 9.59 Å². The van der Waals surface area contributed by atoms with E-state index >= 15 is 0 Å². The minimum Gasteiger partial charge on any atom is -0.463 e. The highest BCUT2D eigenvalue weighted by atomic mass is 16.5. The molecule has 3 aliphatic heterocycles. The van der Waals surface area contributed by atoms with Crippen LogP contribution in [0.15, 0.2) is 50.9 Å². The molecular formula is C22H25N9O4. The highest BCUT2D eigenvalue weighted by Crippen LogP contribution is 2.41. The Morgan fingerprint density at radius 2 is 2.17 bits per heavy atom. The van der Waals surface area contributed by atoms with Crippen molar-refractivity contribution in [1.29, 1.82) is 0 Å². The first-order valence-electron chi connectivity index (χ1n) is 11.6. The van der Waals surface area contributed by atoms with Crippen molar-refractivity contribution in [3.05, 3.63) is 47.8 Å². The number of carbonyl (C=O) groups excluding carboxylic acids is 2. The zero-order chi connectivity index (χ0) is 24.1. The lowest BCUT2D eigenvalue weighted by Crippen LogP contribution is -2.46. The van der Waals surface area contributed by atoms with Gasteiger partial charge in [0, 0.05) is 19.3 Å². The van der Waals surface area contributed by atoms with Crippen molar-refractivity contribution >= 4 is 29.9 Å². The summed E-state index contributed by atoms with van der Waals surface area (Å²) >= 11 is 0. The lowest BCUT2D eigenvalue weighted by molar-refractivity contribution is 0.0526. The number of amides is 2. The number of nitrogens with zero attached hydrogens (tertiary/aromatic N) is 8. The van der Waals surface area contributed by atoms with Gasteiger partial charge in [0.25, 0.3) is 0 Å². The molecule has 0 radical (unpaired) electrons. The average molecular weight is 480 g/mol. The first-order valence-corrected chi connectivity index (χ1v) is 11.6. The molecule has 2 fully saturated rings. The monoisotopic (exact) mass is 479 g/mol. The van der Waals surface area contributed by atoms with Crippen LogP contribution in [-0.2, 0) is 11.3 Å². The summed E-state index contributed by atoms with van der Waals surface area (Å²) in [5.41, 5.74) is 1.57. The zero-order valence-electron chi connectivity index (χ0n) is 19.1. The van der Waals surface area contributed by atoms with Crippen molar-refractivity contribution in [3.63, 3.8) is 0 Å². The Bertz CT molecular complexity index is 1240. The Hall–Kier alpha value is -4.13. The second kappa shape index (κ2) is 8.27. The fraction of sp³-hybridized carbons (Fsp3) is 0.409. The van der Waals surface area contributed by atoms with E-state index in [1.165, 1.54) is 17.5 Å². The van der Waals surface area contributed by atoms with E-state index in [1.807, 2.05) is 11.1 Å². The number of hydrazine groups is 2. The highest BCUT2D eigenvalue weighted by molar-refractivity contribution is 6.12. The highest BCUT2D eigenvalue weighted by Gasteiger charge is 2.53. The quantitative estimate of drug-likeness (QED) is 0.442. The van der Waals surface area contributed by atoms with Gasteiger partial charge in [0.1, 0.15) is 17.7 Å². The number of ether oxygens (including phenoxy) is 1. The summed E-state index contributed by atoms with van der Waals surface area (Å²) in [6.07, 6.45) is 7.71. The van der Waals surface area contributed by atoms with E-state index in [1.54, 1.807) is 40.0 Å². The summed E-state index contributed by atoms with van der Waals surface area (Å²) in [6.45, 7) is 3.34. The molecule has 0 aromatic carbocycles. The zero-order valence-corrected chi connectivity index (χ0v) is 19.1. The van der Waals surface area contributed by atoms with E-state index in [2.05, 4.69) is 10.1 Å². The first-order chi connectivity index (χ1) is 17.0. The number of fused-ring (bicyclic) bond motifs is 3. The van der Waals surface area contributed by atoms with Crippen molar-refractivity contribution in [2.45, 2.75) is 32.6 Å². The molecule has 13 nitrogen and oxygen atoms in total. The number of urea groups is 1. The second-order valence-electron chi connectivity index (χ2n) is 8.68. The van der Waals surface area contributed by atoms with Crippen LogP contribution in [0.5, 0.6) is 0 Å². The van der Waals surface area contributed by atoms with Gasteiger partial charge in [-0.1, -0.05) is 0 Å². The summed E-state index contributed by atoms with van der Waals surface area (Å²) in [5, 5.41) is 9.21. The topological polar surface area (TPSA) is 138 Å². The number of nitrogens with two attached hydrogens (primary N) is 1. The van der Waals surface area contributed by atoms with E-state index < -0.39 is 12.3 Å². The van der Waals surface area contributed by atoms with Gasteiger partial charge in [0.15, 0.2) is 11.6 Å². The molecule has 13 heteroatoms. The van der Waals surface area contributed by atoms with Crippen LogP contribution in [0.3, 0.4) is 0 Å². The molecule has 1 atom stereocenters. The molecule has 2 amide bonds. The van der Waals surface area contributed by atoms with Crippen LogP contribution >= 0.6 is 0 Å². The van der Waals surface area contributed by atoms with Crippen LogP contribution in [-0.4, -0.2) is 79.9 Å². The molecule has 6 rings (SSSR count). The van der Waals surface area contributed by atoms with Gasteiger partial charge in [-0.3, -0.25) is 9.58 Å². The first kappa shape index (κ1) is 21.4. The molecule has 1 saturated heterocycles. The number of carbonyl (C=O) groups is 2. The Kier molecular flexibility index (Phi) is 5.06. The Morgan fingerprint density at radius 3 is 2.91 bits per heavy atom. The SMILES string of the molecule is CCOC(=O)c1cnn(CCN2C(=O)N(CC3CC3)N3C4=C(c5ccco5)N=CN(N)C4=NC23)c1. The number of aromatic nitrogens is 2. The molecule has 1 unspecified atom stereocenters. The number of hydrogen-bond acceptors (Lipinski definition) is 10. The van der Waals surface area contributed by atoms with Crippen LogP contribution in [0, 0.1) is 5.92 Å². The Balaban J connectivity index is 1.30. The third kappa shape index (κ3) is 3.64. The summed E-state index contributed by atoms with van der Waals surface area (Å²) < 4.78 is 12.3. The Morgan fingerprint density at radius 1 is 1.31 bits per heavy atom. The number of esters is 1. The van der Waals surface area contributed by atoms with Gasteiger partial charge in [-0.05, 0) is 37.8 Å². The van der Waals surface area contributed by atoms with Crippen molar-refractivity contribution in [1.82, 2.24) is 29.7 Å². The molecule has 35 heavy (non-hydrogen) atoms. The molecular weight excluding hydrogens is 454 g/mol. The second-order valence-corrected chi connectivity index (χ2v) is 8.68. The number of furan rings is 1. The van der Waals surface area contributed by atoms with E-state index in [-0.39, 0.29) is 6.03 Å². The van der Waals surface area contributed by atoms with E-state index in [0.29, 0.717) is 60.7 Å². The summed E-state index contributed by atoms with van der Waals surface area (Å²) in [5.74, 6) is 7.29. The van der Waals surface area contributed by atoms with Crippen LogP contribution in [0.4, 0.5) is 4.79 Å². The molecule has 0 spiro atoms. The van der Waals surface area contributed by atoms with Gasteiger partial charge in [-0.25, -0.2) is 40.4 Å². The number of amidine groups is 1. The molecule has 2 aromatic rings.